The standard InChI is InChI=1S/C28H26O4/c1-18(2)32-26-17-25-22(16-24(26)20-7-5-4-6-8-20)13-14-23(27(25)29)15-19-9-11-21(12-10-19)28(30)31-3/h4-12,15-18H,13-14H2,1-3H3/b23-15+. The minimum atomic E-state index is -0.376. The quantitative estimate of drug-likeness (QED) is 0.363. The molecule has 0 aliphatic heterocycles. The Labute approximate surface area is 188 Å². The fourth-order valence-electron chi connectivity index (χ4n) is 3.97. The third kappa shape index (κ3) is 4.50. The minimum Gasteiger partial charge on any atom is -0.490 e. The van der Waals surface area contributed by atoms with E-state index < -0.39 is 0 Å². The zero-order valence-corrected chi connectivity index (χ0v) is 18.6. The highest BCUT2D eigenvalue weighted by Crippen LogP contribution is 2.37. The predicted molar refractivity (Wildman–Crippen MR) is 126 cm³/mol. The fraction of sp³-hybridized carbons (Fsp3) is 0.214. The monoisotopic (exact) mass is 426 g/mol. The first-order chi connectivity index (χ1) is 15.5. The van der Waals surface area contributed by atoms with Gasteiger partial charge in [0.05, 0.1) is 18.8 Å². The molecule has 0 heterocycles. The maximum atomic E-state index is 13.3. The Kier molecular flexibility index (Phi) is 6.22. The number of methoxy groups -OCH3 is 1. The molecule has 4 nitrogen and oxygen atoms in total. The smallest absolute Gasteiger partial charge is 0.337 e. The molecule has 3 aromatic rings. The normalized spacial score (nSPS) is 14.4. The van der Waals surface area contributed by atoms with Crippen LogP contribution < -0.4 is 4.74 Å². The van der Waals surface area contributed by atoms with E-state index in [-0.39, 0.29) is 17.9 Å². The van der Waals surface area contributed by atoms with Gasteiger partial charge in [0.2, 0.25) is 0 Å². The van der Waals surface area contributed by atoms with E-state index in [0.29, 0.717) is 17.5 Å². The van der Waals surface area contributed by atoms with Crippen LogP contribution in [0.2, 0.25) is 0 Å². The first-order valence-electron chi connectivity index (χ1n) is 10.8. The lowest BCUT2D eigenvalue weighted by molar-refractivity contribution is 0.0600. The van der Waals surface area contributed by atoms with Crippen LogP contribution >= 0.6 is 0 Å². The maximum absolute atomic E-state index is 13.3. The van der Waals surface area contributed by atoms with Crippen molar-refractivity contribution in [3.8, 4) is 16.9 Å². The van der Waals surface area contributed by atoms with E-state index in [9.17, 15) is 9.59 Å². The summed E-state index contributed by atoms with van der Waals surface area (Å²) >= 11 is 0. The summed E-state index contributed by atoms with van der Waals surface area (Å²) in [7, 11) is 1.36. The van der Waals surface area contributed by atoms with E-state index in [1.165, 1.54) is 7.11 Å². The number of carbonyl (C=O) groups excluding carboxylic acids is 2. The SMILES string of the molecule is COC(=O)c1ccc(/C=C2\CCc3cc(-c4ccccc4)c(OC(C)C)cc3C2=O)cc1. The summed E-state index contributed by atoms with van der Waals surface area (Å²) < 4.78 is 10.8. The molecule has 0 spiro atoms. The number of fused-ring (bicyclic) bond motifs is 1. The van der Waals surface area contributed by atoms with Gasteiger partial charge in [-0.3, -0.25) is 4.79 Å². The Morgan fingerprint density at radius 3 is 2.31 bits per heavy atom. The molecule has 0 fully saturated rings. The molecule has 1 aliphatic carbocycles. The molecule has 0 saturated heterocycles. The third-order valence-corrected chi connectivity index (χ3v) is 5.53. The predicted octanol–water partition coefficient (Wildman–Crippen LogP) is 6.14. The van der Waals surface area contributed by atoms with Crippen LogP contribution in [0.1, 0.15) is 52.1 Å². The molecule has 4 heteroatoms. The number of hydrogen-bond donors (Lipinski definition) is 0. The highest BCUT2D eigenvalue weighted by atomic mass is 16.5. The molecule has 0 saturated carbocycles. The van der Waals surface area contributed by atoms with E-state index in [0.717, 1.165) is 40.0 Å². The maximum Gasteiger partial charge on any atom is 0.337 e. The van der Waals surface area contributed by atoms with Crippen LogP contribution in [0.25, 0.3) is 17.2 Å². The second-order valence-electron chi connectivity index (χ2n) is 8.15. The number of Topliss-reactive ketones (excluding diaryl/α,β-unsaturated/α-hetero) is 1. The van der Waals surface area contributed by atoms with Crippen molar-refractivity contribution >= 4 is 17.8 Å². The van der Waals surface area contributed by atoms with Crippen LogP contribution in [0.15, 0.2) is 72.3 Å². The second-order valence-corrected chi connectivity index (χ2v) is 8.15. The van der Waals surface area contributed by atoms with Gasteiger partial charge in [0.25, 0.3) is 0 Å². The first kappa shape index (κ1) is 21.6. The van der Waals surface area contributed by atoms with Gasteiger partial charge in [-0.05, 0) is 73.7 Å². The summed E-state index contributed by atoms with van der Waals surface area (Å²) in [6.07, 6.45) is 3.36. The van der Waals surface area contributed by atoms with Crippen LogP contribution in [0.3, 0.4) is 0 Å². The number of benzene rings is 3. The van der Waals surface area contributed by atoms with Crippen molar-refractivity contribution < 1.29 is 19.1 Å². The summed E-state index contributed by atoms with van der Waals surface area (Å²) in [6, 6.07) is 21.2. The topological polar surface area (TPSA) is 52.6 Å². The van der Waals surface area contributed by atoms with Gasteiger partial charge in [0, 0.05) is 16.7 Å². The van der Waals surface area contributed by atoms with E-state index >= 15 is 0 Å². The molecule has 0 radical (unpaired) electrons. The molecule has 0 unspecified atom stereocenters. The minimum absolute atomic E-state index is 0.00228. The van der Waals surface area contributed by atoms with Gasteiger partial charge < -0.3 is 9.47 Å². The molecule has 0 amide bonds. The van der Waals surface area contributed by atoms with Crippen LogP contribution in [0, 0.1) is 0 Å². The molecular formula is C28H26O4. The van der Waals surface area contributed by atoms with Gasteiger partial charge in [0.1, 0.15) is 5.75 Å². The average molecular weight is 427 g/mol. The van der Waals surface area contributed by atoms with E-state index in [4.69, 9.17) is 9.47 Å². The van der Waals surface area contributed by atoms with Gasteiger partial charge in [-0.1, -0.05) is 42.5 Å². The van der Waals surface area contributed by atoms with Gasteiger partial charge in [-0.15, -0.1) is 0 Å². The number of rotatable bonds is 5. The van der Waals surface area contributed by atoms with Crippen molar-refractivity contribution in [2.45, 2.75) is 32.8 Å². The summed E-state index contributed by atoms with van der Waals surface area (Å²) in [5, 5.41) is 0. The average Bonchev–Trinajstić information content (AvgIpc) is 2.81. The van der Waals surface area contributed by atoms with Gasteiger partial charge in [-0.25, -0.2) is 4.79 Å². The van der Waals surface area contributed by atoms with Crippen molar-refractivity contribution in [2.24, 2.45) is 0 Å². The van der Waals surface area contributed by atoms with Crippen molar-refractivity contribution in [1.29, 1.82) is 0 Å². The Morgan fingerprint density at radius 2 is 1.66 bits per heavy atom. The molecule has 0 N–H and O–H groups in total. The van der Waals surface area contributed by atoms with Crippen molar-refractivity contribution in [2.75, 3.05) is 7.11 Å². The number of esters is 1. The molecule has 162 valence electrons. The molecule has 0 aromatic heterocycles. The lowest BCUT2D eigenvalue weighted by Gasteiger charge is -2.22. The molecule has 3 aromatic carbocycles. The molecular weight excluding hydrogens is 400 g/mol. The lowest BCUT2D eigenvalue weighted by atomic mass is 9.84. The number of ether oxygens (including phenoxy) is 2. The van der Waals surface area contributed by atoms with Gasteiger partial charge in [-0.2, -0.15) is 0 Å². The number of hydrogen-bond acceptors (Lipinski definition) is 4. The molecule has 0 atom stereocenters. The van der Waals surface area contributed by atoms with Gasteiger partial charge in [0.15, 0.2) is 5.78 Å². The summed E-state index contributed by atoms with van der Waals surface area (Å²) in [4.78, 5) is 25.0. The lowest BCUT2D eigenvalue weighted by Crippen LogP contribution is -2.16. The van der Waals surface area contributed by atoms with Crippen LogP contribution in [-0.2, 0) is 11.2 Å². The Hall–Kier alpha value is -3.66. The van der Waals surface area contributed by atoms with E-state index in [1.807, 2.05) is 56.3 Å². The Morgan fingerprint density at radius 1 is 0.938 bits per heavy atom. The molecule has 0 bridgehead atoms. The Balaban J connectivity index is 1.69. The van der Waals surface area contributed by atoms with E-state index in [1.54, 1.807) is 12.1 Å². The first-order valence-corrected chi connectivity index (χ1v) is 10.8. The largest absolute Gasteiger partial charge is 0.490 e. The van der Waals surface area contributed by atoms with Crippen molar-refractivity contribution in [3.63, 3.8) is 0 Å². The fourth-order valence-corrected chi connectivity index (χ4v) is 3.97. The molecule has 32 heavy (non-hydrogen) atoms. The summed E-state index contributed by atoms with van der Waals surface area (Å²) in [6.45, 7) is 3.97. The van der Waals surface area contributed by atoms with Gasteiger partial charge >= 0.3 is 5.97 Å². The number of ketones is 1. The Bertz CT molecular complexity index is 1170. The van der Waals surface area contributed by atoms with Crippen molar-refractivity contribution in [3.05, 3.63) is 94.6 Å². The van der Waals surface area contributed by atoms with Crippen LogP contribution in [0.5, 0.6) is 5.75 Å². The highest BCUT2D eigenvalue weighted by molar-refractivity contribution is 6.13. The second kappa shape index (κ2) is 9.23. The highest BCUT2D eigenvalue weighted by Gasteiger charge is 2.25. The third-order valence-electron chi connectivity index (χ3n) is 5.53. The van der Waals surface area contributed by atoms with Crippen LogP contribution in [-0.4, -0.2) is 25.0 Å². The zero-order chi connectivity index (χ0) is 22.7. The van der Waals surface area contributed by atoms with E-state index in [2.05, 4.69) is 18.2 Å². The number of aryl methyl sites for hydroxylation is 1. The number of allylic oxidation sites excluding steroid dienone is 1. The summed E-state index contributed by atoms with van der Waals surface area (Å²) in [5.74, 6) is 0.372. The molecule has 4 rings (SSSR count). The number of carbonyl (C=O) groups is 2. The molecule has 1 aliphatic rings. The van der Waals surface area contributed by atoms with Crippen molar-refractivity contribution in [1.82, 2.24) is 0 Å². The summed E-state index contributed by atoms with van der Waals surface area (Å²) in [5.41, 5.74) is 5.95. The van der Waals surface area contributed by atoms with Crippen LogP contribution in [0.4, 0.5) is 0 Å². The zero-order valence-electron chi connectivity index (χ0n) is 18.6.